The first-order valence-electron chi connectivity index (χ1n) is 8.09. The van der Waals surface area contributed by atoms with Crippen LogP contribution in [0.4, 0.5) is 0 Å². The molecule has 8 heteroatoms. The fraction of sp³-hybridized carbons (Fsp3) is 0.333. The number of aliphatic imine (C=N–C) groups is 1. The molecule has 7 nitrogen and oxygen atoms in total. The summed E-state index contributed by atoms with van der Waals surface area (Å²) in [6.07, 6.45) is 3.42. The third-order valence-electron chi connectivity index (χ3n) is 3.72. The lowest BCUT2D eigenvalue weighted by Crippen LogP contribution is -2.40. The lowest BCUT2D eigenvalue weighted by atomic mass is 10.2. The van der Waals surface area contributed by atoms with Gasteiger partial charge in [-0.05, 0) is 29.8 Å². The normalized spacial score (nSPS) is 12.3. The van der Waals surface area contributed by atoms with E-state index in [0.29, 0.717) is 19.7 Å². The quantitative estimate of drug-likeness (QED) is 0.303. The highest BCUT2D eigenvalue weighted by molar-refractivity contribution is 14.0. The van der Waals surface area contributed by atoms with Crippen molar-refractivity contribution in [2.24, 2.45) is 4.99 Å². The van der Waals surface area contributed by atoms with Gasteiger partial charge in [-0.1, -0.05) is 6.07 Å². The number of hydrogen-bond acceptors (Lipinski definition) is 5. The van der Waals surface area contributed by atoms with Crippen molar-refractivity contribution in [1.29, 1.82) is 0 Å². The minimum Gasteiger partial charge on any atom is -0.490 e. The average Bonchev–Trinajstić information content (AvgIpc) is 3.10. The van der Waals surface area contributed by atoms with Gasteiger partial charge in [0.15, 0.2) is 17.5 Å². The number of guanidine groups is 1. The van der Waals surface area contributed by atoms with E-state index in [9.17, 15) is 0 Å². The van der Waals surface area contributed by atoms with Crippen molar-refractivity contribution in [3.63, 3.8) is 0 Å². The molecular formula is C18H23IN4O3. The van der Waals surface area contributed by atoms with E-state index in [1.807, 2.05) is 42.3 Å². The van der Waals surface area contributed by atoms with Crippen molar-refractivity contribution in [1.82, 2.24) is 15.2 Å². The van der Waals surface area contributed by atoms with Gasteiger partial charge in [0.05, 0.1) is 12.7 Å². The van der Waals surface area contributed by atoms with Gasteiger partial charge in [0, 0.05) is 26.8 Å². The fourth-order valence-electron chi connectivity index (χ4n) is 2.54. The molecule has 1 aromatic carbocycles. The Hall–Kier alpha value is -2.23. The highest BCUT2D eigenvalue weighted by Gasteiger charge is 2.14. The van der Waals surface area contributed by atoms with E-state index in [-0.39, 0.29) is 30.8 Å². The lowest BCUT2D eigenvalue weighted by Gasteiger charge is -2.22. The van der Waals surface area contributed by atoms with E-state index in [0.717, 1.165) is 28.8 Å². The highest BCUT2D eigenvalue weighted by atomic mass is 127. The van der Waals surface area contributed by atoms with E-state index in [4.69, 9.17) is 14.2 Å². The van der Waals surface area contributed by atoms with Crippen LogP contribution in [0.5, 0.6) is 17.2 Å². The van der Waals surface area contributed by atoms with Crippen LogP contribution in [0.15, 0.2) is 47.7 Å². The molecule has 2 heterocycles. The Balaban J connectivity index is 0.00000243. The van der Waals surface area contributed by atoms with Crippen LogP contribution in [0.25, 0.3) is 0 Å². The van der Waals surface area contributed by atoms with E-state index >= 15 is 0 Å². The average molecular weight is 470 g/mol. The molecule has 1 aliphatic rings. The largest absolute Gasteiger partial charge is 0.490 e. The molecule has 2 aromatic rings. The zero-order valence-corrected chi connectivity index (χ0v) is 17.2. The molecule has 0 bridgehead atoms. The summed E-state index contributed by atoms with van der Waals surface area (Å²) in [5.74, 6) is 3.14. The fourth-order valence-corrected chi connectivity index (χ4v) is 2.54. The lowest BCUT2D eigenvalue weighted by molar-refractivity contribution is 0.174. The number of benzene rings is 1. The maximum absolute atomic E-state index is 5.62. The summed E-state index contributed by atoms with van der Waals surface area (Å²) >= 11 is 0. The van der Waals surface area contributed by atoms with Crippen molar-refractivity contribution < 1.29 is 14.2 Å². The molecule has 0 aliphatic carbocycles. The zero-order chi connectivity index (χ0) is 17.5. The van der Waals surface area contributed by atoms with Crippen LogP contribution in [-0.2, 0) is 6.54 Å². The van der Waals surface area contributed by atoms with Gasteiger partial charge in [0.2, 0.25) is 6.79 Å². The second-order valence-corrected chi connectivity index (χ2v) is 5.55. The topological polar surface area (TPSA) is 68.2 Å². The van der Waals surface area contributed by atoms with Crippen LogP contribution in [0, 0.1) is 0 Å². The summed E-state index contributed by atoms with van der Waals surface area (Å²) in [5.41, 5.74) is 1.13. The SMILES string of the molecule is CN=C(NCCOc1cccnc1)N(C)Cc1ccc2c(c1)OCO2.I. The Morgan fingerprint density at radius 1 is 1.31 bits per heavy atom. The molecule has 0 radical (unpaired) electrons. The minimum absolute atomic E-state index is 0. The Bertz CT molecular complexity index is 728. The molecule has 3 rings (SSSR count). The Labute approximate surface area is 170 Å². The first kappa shape index (κ1) is 20.1. The molecule has 0 unspecified atom stereocenters. The van der Waals surface area contributed by atoms with Crippen molar-refractivity contribution in [2.45, 2.75) is 6.54 Å². The predicted molar refractivity (Wildman–Crippen MR) is 111 cm³/mol. The van der Waals surface area contributed by atoms with Crippen LogP contribution in [-0.4, -0.2) is 49.9 Å². The molecule has 1 aromatic heterocycles. The van der Waals surface area contributed by atoms with Gasteiger partial charge >= 0.3 is 0 Å². The van der Waals surface area contributed by atoms with E-state index in [1.165, 1.54) is 0 Å². The van der Waals surface area contributed by atoms with Gasteiger partial charge < -0.3 is 24.4 Å². The highest BCUT2D eigenvalue weighted by Crippen LogP contribution is 2.32. The summed E-state index contributed by atoms with van der Waals surface area (Å²) < 4.78 is 16.4. The Morgan fingerprint density at radius 3 is 2.92 bits per heavy atom. The van der Waals surface area contributed by atoms with Crippen LogP contribution in [0.3, 0.4) is 0 Å². The number of fused-ring (bicyclic) bond motifs is 1. The number of ether oxygens (including phenoxy) is 3. The predicted octanol–water partition coefficient (Wildman–Crippen LogP) is 2.51. The first-order chi connectivity index (χ1) is 12.3. The van der Waals surface area contributed by atoms with Crippen LogP contribution < -0.4 is 19.5 Å². The summed E-state index contributed by atoms with van der Waals surface area (Å²) in [6.45, 7) is 2.17. The van der Waals surface area contributed by atoms with Gasteiger partial charge in [0.25, 0.3) is 0 Å². The van der Waals surface area contributed by atoms with Gasteiger partial charge in [-0.25, -0.2) is 0 Å². The summed E-state index contributed by atoms with van der Waals surface area (Å²) in [5, 5.41) is 3.29. The molecule has 0 amide bonds. The van der Waals surface area contributed by atoms with E-state index < -0.39 is 0 Å². The van der Waals surface area contributed by atoms with Crippen LogP contribution >= 0.6 is 24.0 Å². The number of aromatic nitrogens is 1. The molecule has 140 valence electrons. The van der Waals surface area contributed by atoms with Crippen molar-refractivity contribution >= 4 is 29.9 Å². The van der Waals surface area contributed by atoms with Gasteiger partial charge in [-0.15, -0.1) is 24.0 Å². The summed E-state index contributed by atoms with van der Waals surface area (Å²) in [4.78, 5) is 10.4. The Kier molecular flexibility index (Phi) is 7.76. The molecule has 0 saturated heterocycles. The maximum atomic E-state index is 5.62. The first-order valence-corrected chi connectivity index (χ1v) is 8.09. The summed E-state index contributed by atoms with van der Waals surface area (Å²) in [7, 11) is 3.75. The smallest absolute Gasteiger partial charge is 0.231 e. The molecular weight excluding hydrogens is 447 g/mol. The molecule has 1 aliphatic heterocycles. The standard InChI is InChI=1S/C18H22N4O3.HI/c1-19-18(21-8-9-23-15-4-3-7-20-11-15)22(2)12-14-5-6-16-17(10-14)25-13-24-16;/h3-7,10-11H,8-9,12-13H2,1-2H3,(H,19,21);1H. The number of hydrogen-bond donors (Lipinski definition) is 1. The number of pyridine rings is 1. The molecule has 0 saturated carbocycles. The third kappa shape index (κ3) is 5.38. The van der Waals surface area contributed by atoms with Crippen LogP contribution in [0.2, 0.25) is 0 Å². The zero-order valence-electron chi connectivity index (χ0n) is 14.8. The summed E-state index contributed by atoms with van der Waals surface area (Å²) in [6, 6.07) is 9.69. The van der Waals surface area contributed by atoms with Gasteiger partial charge in [-0.3, -0.25) is 9.98 Å². The van der Waals surface area contributed by atoms with Gasteiger partial charge in [0.1, 0.15) is 12.4 Å². The van der Waals surface area contributed by atoms with E-state index in [1.54, 1.807) is 19.4 Å². The Morgan fingerprint density at radius 2 is 2.15 bits per heavy atom. The monoisotopic (exact) mass is 470 g/mol. The molecule has 0 fully saturated rings. The number of nitrogens with zero attached hydrogens (tertiary/aromatic N) is 3. The number of halogens is 1. The van der Waals surface area contributed by atoms with Gasteiger partial charge in [-0.2, -0.15) is 0 Å². The molecule has 0 atom stereocenters. The molecule has 0 spiro atoms. The number of rotatable bonds is 6. The molecule has 26 heavy (non-hydrogen) atoms. The third-order valence-corrected chi connectivity index (χ3v) is 3.72. The van der Waals surface area contributed by atoms with E-state index in [2.05, 4.69) is 15.3 Å². The van der Waals surface area contributed by atoms with Crippen LogP contribution in [0.1, 0.15) is 5.56 Å². The number of nitrogens with one attached hydrogen (secondary N) is 1. The second kappa shape index (κ2) is 10.0. The minimum atomic E-state index is 0. The molecule has 1 N–H and O–H groups in total. The van der Waals surface area contributed by atoms with Crippen molar-refractivity contribution in [3.8, 4) is 17.2 Å². The van der Waals surface area contributed by atoms with Crippen molar-refractivity contribution in [3.05, 3.63) is 48.3 Å². The second-order valence-electron chi connectivity index (χ2n) is 5.55. The van der Waals surface area contributed by atoms with Crippen molar-refractivity contribution in [2.75, 3.05) is 34.0 Å². The maximum Gasteiger partial charge on any atom is 0.231 e.